The first-order chi connectivity index (χ1) is 8.52. The molecule has 18 heavy (non-hydrogen) atoms. The molecule has 0 aromatic heterocycles. The molecule has 0 aliphatic heterocycles. The number of amides is 2. The van der Waals surface area contributed by atoms with Crippen molar-refractivity contribution in [3.63, 3.8) is 0 Å². The van der Waals surface area contributed by atoms with Crippen LogP contribution in [0.2, 0.25) is 0 Å². The predicted octanol–water partition coefficient (Wildman–Crippen LogP) is 1.22. The lowest BCUT2D eigenvalue weighted by molar-refractivity contribution is 0.245. The van der Waals surface area contributed by atoms with E-state index in [1.165, 1.54) is 0 Å². The average Bonchev–Trinajstić information content (AvgIpc) is 2.36. The van der Waals surface area contributed by atoms with Gasteiger partial charge in [0.2, 0.25) is 0 Å². The summed E-state index contributed by atoms with van der Waals surface area (Å²) >= 11 is 0. The second kappa shape index (κ2) is 6.98. The lowest BCUT2D eigenvalue weighted by atomic mass is 10.2. The Morgan fingerprint density at radius 1 is 1.44 bits per heavy atom. The molecule has 1 atom stereocenters. The number of likely N-dealkylation sites (N-methyl/N-ethyl adjacent to an activating group) is 1. The number of hydrogen-bond donors (Lipinski definition) is 3. The number of carbonyl (C=O) groups is 1. The van der Waals surface area contributed by atoms with Crippen LogP contribution in [0.1, 0.15) is 12.5 Å². The van der Waals surface area contributed by atoms with Crippen LogP contribution in [0.15, 0.2) is 24.3 Å². The van der Waals surface area contributed by atoms with Gasteiger partial charge in [0.25, 0.3) is 0 Å². The molecule has 5 nitrogen and oxygen atoms in total. The average molecular weight is 250 g/mol. The summed E-state index contributed by atoms with van der Waals surface area (Å²) in [6.07, 6.45) is 0. The lowest BCUT2D eigenvalue weighted by Crippen LogP contribution is -2.40. The Morgan fingerprint density at radius 2 is 2.17 bits per heavy atom. The Hall–Kier alpha value is -1.59. The van der Waals surface area contributed by atoms with E-state index in [1.54, 1.807) is 0 Å². The first-order valence-corrected chi connectivity index (χ1v) is 6.03. The molecule has 4 N–H and O–H groups in total. The Kier molecular flexibility index (Phi) is 5.61. The van der Waals surface area contributed by atoms with E-state index in [0.717, 1.165) is 11.3 Å². The number of rotatable bonds is 5. The molecule has 0 aliphatic rings. The normalized spacial score (nSPS) is 12.3. The Bertz CT molecular complexity index is 392. The molecule has 100 valence electrons. The molecule has 1 unspecified atom stereocenters. The summed E-state index contributed by atoms with van der Waals surface area (Å²) in [4.78, 5) is 13.7. The minimum atomic E-state index is -0.196. The van der Waals surface area contributed by atoms with E-state index in [4.69, 9.17) is 5.73 Å². The molecule has 0 fully saturated rings. The van der Waals surface area contributed by atoms with E-state index in [2.05, 4.69) is 22.5 Å². The van der Waals surface area contributed by atoms with Gasteiger partial charge in [-0.15, -0.1) is 0 Å². The molecule has 0 saturated heterocycles. The highest BCUT2D eigenvalue weighted by atomic mass is 16.2. The van der Waals surface area contributed by atoms with Gasteiger partial charge in [-0.3, -0.25) is 0 Å². The number of nitrogens with two attached hydrogens (primary N) is 1. The monoisotopic (exact) mass is 250 g/mol. The van der Waals surface area contributed by atoms with Gasteiger partial charge in [-0.1, -0.05) is 12.1 Å². The summed E-state index contributed by atoms with van der Waals surface area (Å²) < 4.78 is 0. The predicted molar refractivity (Wildman–Crippen MR) is 74.5 cm³/mol. The zero-order chi connectivity index (χ0) is 13.5. The molecular formula is C13H22N4O. The standard InChI is InChI=1S/C13H22N4O/c1-10(17(2)3)9-15-13(18)16-12-6-4-5-11(7-12)8-14/h4-7,10H,8-9,14H2,1-3H3,(H2,15,16,18). The molecule has 0 aliphatic carbocycles. The number of carbonyl (C=O) groups excluding carboxylic acids is 1. The second-order valence-corrected chi connectivity index (χ2v) is 4.55. The molecular weight excluding hydrogens is 228 g/mol. The molecule has 0 radical (unpaired) electrons. The fraction of sp³-hybridized carbons (Fsp3) is 0.462. The van der Waals surface area contributed by atoms with Gasteiger partial charge in [0, 0.05) is 24.8 Å². The van der Waals surface area contributed by atoms with Crippen molar-refractivity contribution >= 4 is 11.7 Å². The van der Waals surface area contributed by atoms with Crippen LogP contribution in [0, 0.1) is 0 Å². The second-order valence-electron chi connectivity index (χ2n) is 4.55. The smallest absolute Gasteiger partial charge is 0.319 e. The molecule has 0 saturated carbocycles. The van der Waals surface area contributed by atoms with Crippen molar-refractivity contribution in [1.29, 1.82) is 0 Å². The van der Waals surface area contributed by atoms with E-state index >= 15 is 0 Å². The zero-order valence-corrected chi connectivity index (χ0v) is 11.2. The zero-order valence-electron chi connectivity index (χ0n) is 11.2. The fourth-order valence-electron chi connectivity index (χ4n) is 1.37. The first-order valence-electron chi connectivity index (χ1n) is 6.03. The van der Waals surface area contributed by atoms with Gasteiger partial charge in [-0.05, 0) is 38.7 Å². The van der Waals surface area contributed by atoms with Crippen LogP contribution in [-0.2, 0) is 6.54 Å². The minimum absolute atomic E-state index is 0.196. The summed E-state index contributed by atoms with van der Waals surface area (Å²) in [7, 11) is 3.96. The van der Waals surface area contributed by atoms with Crippen LogP contribution in [0.5, 0.6) is 0 Å². The highest BCUT2D eigenvalue weighted by molar-refractivity contribution is 5.89. The summed E-state index contributed by atoms with van der Waals surface area (Å²) in [5, 5.41) is 5.61. The van der Waals surface area contributed by atoms with Gasteiger partial charge < -0.3 is 21.3 Å². The number of nitrogens with one attached hydrogen (secondary N) is 2. The number of benzene rings is 1. The van der Waals surface area contributed by atoms with Crippen LogP contribution in [0.25, 0.3) is 0 Å². The number of hydrogen-bond acceptors (Lipinski definition) is 3. The number of urea groups is 1. The minimum Gasteiger partial charge on any atom is -0.336 e. The van der Waals surface area contributed by atoms with Crippen molar-refractivity contribution in [3.8, 4) is 0 Å². The van der Waals surface area contributed by atoms with Crippen LogP contribution < -0.4 is 16.4 Å². The molecule has 0 bridgehead atoms. The Labute approximate surface area is 108 Å². The van der Waals surface area contributed by atoms with Crippen molar-refractivity contribution in [3.05, 3.63) is 29.8 Å². The van der Waals surface area contributed by atoms with E-state index < -0.39 is 0 Å². The summed E-state index contributed by atoms with van der Waals surface area (Å²) in [6, 6.07) is 7.62. The Morgan fingerprint density at radius 3 is 2.78 bits per heavy atom. The van der Waals surface area contributed by atoms with Gasteiger partial charge in [-0.25, -0.2) is 4.79 Å². The highest BCUT2D eigenvalue weighted by Crippen LogP contribution is 2.09. The largest absolute Gasteiger partial charge is 0.336 e. The van der Waals surface area contributed by atoms with Crippen LogP contribution in [-0.4, -0.2) is 37.6 Å². The number of nitrogens with zero attached hydrogens (tertiary/aromatic N) is 1. The highest BCUT2D eigenvalue weighted by Gasteiger charge is 2.07. The Balaban J connectivity index is 2.44. The molecule has 1 rings (SSSR count). The van der Waals surface area contributed by atoms with Gasteiger partial charge >= 0.3 is 6.03 Å². The van der Waals surface area contributed by atoms with Crippen LogP contribution in [0.4, 0.5) is 10.5 Å². The summed E-state index contributed by atoms with van der Waals surface area (Å²) in [5.41, 5.74) is 7.30. The number of anilines is 1. The van der Waals surface area contributed by atoms with E-state index in [1.807, 2.05) is 38.4 Å². The summed E-state index contributed by atoms with van der Waals surface area (Å²) in [6.45, 7) is 3.12. The molecule has 2 amide bonds. The van der Waals surface area contributed by atoms with Crippen LogP contribution >= 0.6 is 0 Å². The van der Waals surface area contributed by atoms with E-state index in [-0.39, 0.29) is 6.03 Å². The van der Waals surface area contributed by atoms with Gasteiger partial charge in [-0.2, -0.15) is 0 Å². The third-order valence-corrected chi connectivity index (χ3v) is 2.86. The topological polar surface area (TPSA) is 70.4 Å². The molecule has 0 spiro atoms. The van der Waals surface area contributed by atoms with Crippen molar-refractivity contribution in [2.75, 3.05) is 26.0 Å². The fourth-order valence-corrected chi connectivity index (χ4v) is 1.37. The van der Waals surface area contributed by atoms with Crippen LogP contribution in [0.3, 0.4) is 0 Å². The SMILES string of the molecule is CC(CNC(=O)Nc1cccc(CN)c1)N(C)C. The molecule has 5 heteroatoms. The molecule has 0 heterocycles. The molecule has 1 aromatic carbocycles. The van der Waals surface area contributed by atoms with Crippen molar-refractivity contribution in [2.24, 2.45) is 5.73 Å². The third-order valence-electron chi connectivity index (χ3n) is 2.86. The van der Waals surface area contributed by atoms with Crippen molar-refractivity contribution in [2.45, 2.75) is 19.5 Å². The third kappa shape index (κ3) is 4.73. The van der Waals surface area contributed by atoms with Crippen molar-refractivity contribution in [1.82, 2.24) is 10.2 Å². The van der Waals surface area contributed by atoms with Gasteiger partial charge in [0.05, 0.1) is 0 Å². The first kappa shape index (κ1) is 14.5. The maximum atomic E-state index is 11.7. The van der Waals surface area contributed by atoms with Gasteiger partial charge in [0.1, 0.15) is 0 Å². The van der Waals surface area contributed by atoms with E-state index in [0.29, 0.717) is 19.1 Å². The summed E-state index contributed by atoms with van der Waals surface area (Å²) in [5.74, 6) is 0. The van der Waals surface area contributed by atoms with Crippen molar-refractivity contribution < 1.29 is 4.79 Å². The van der Waals surface area contributed by atoms with E-state index in [9.17, 15) is 4.79 Å². The maximum Gasteiger partial charge on any atom is 0.319 e. The maximum absolute atomic E-state index is 11.7. The van der Waals surface area contributed by atoms with Gasteiger partial charge in [0.15, 0.2) is 0 Å². The molecule has 1 aromatic rings. The quantitative estimate of drug-likeness (QED) is 0.736. The lowest BCUT2D eigenvalue weighted by Gasteiger charge is -2.20.